The van der Waals surface area contributed by atoms with Gasteiger partial charge in [-0.05, 0) is 51.9 Å². The highest BCUT2D eigenvalue weighted by atomic mass is 16.5. The summed E-state index contributed by atoms with van der Waals surface area (Å²) < 4.78 is 5.05. The van der Waals surface area contributed by atoms with Crippen molar-refractivity contribution in [3.63, 3.8) is 0 Å². The summed E-state index contributed by atoms with van der Waals surface area (Å²) >= 11 is 0. The number of ether oxygens (including phenoxy) is 1. The van der Waals surface area contributed by atoms with Crippen molar-refractivity contribution >= 4 is 17.6 Å². The number of esters is 1. The lowest BCUT2D eigenvalue weighted by Gasteiger charge is -2.34. The average molecular weight is 304 g/mol. The van der Waals surface area contributed by atoms with Gasteiger partial charge in [-0.25, -0.2) is 0 Å². The molecule has 5 nitrogen and oxygen atoms in total. The third-order valence-electron chi connectivity index (χ3n) is 4.12. The Morgan fingerprint density at radius 2 is 1.91 bits per heavy atom. The molecule has 1 aromatic rings. The molecule has 1 atom stereocenters. The van der Waals surface area contributed by atoms with Crippen molar-refractivity contribution in [3.05, 3.63) is 30.3 Å². The molecule has 1 saturated heterocycles. The van der Waals surface area contributed by atoms with E-state index in [4.69, 9.17) is 4.74 Å². The predicted molar refractivity (Wildman–Crippen MR) is 85.5 cm³/mol. The Hall–Kier alpha value is -1.88. The fourth-order valence-electron chi connectivity index (χ4n) is 2.73. The van der Waals surface area contributed by atoms with Gasteiger partial charge in [-0.2, -0.15) is 0 Å². The molecule has 1 heterocycles. The van der Waals surface area contributed by atoms with Crippen LogP contribution < -0.4 is 5.32 Å². The minimum atomic E-state index is -0.238. The zero-order valence-corrected chi connectivity index (χ0v) is 13.2. The van der Waals surface area contributed by atoms with E-state index in [0.29, 0.717) is 6.61 Å². The van der Waals surface area contributed by atoms with Gasteiger partial charge in [0, 0.05) is 11.6 Å². The van der Waals surface area contributed by atoms with Gasteiger partial charge in [-0.3, -0.25) is 14.5 Å². The number of hydrogen-bond donors (Lipinski definition) is 1. The van der Waals surface area contributed by atoms with Gasteiger partial charge in [0.1, 0.15) is 6.04 Å². The number of piperidine rings is 1. The monoisotopic (exact) mass is 304 g/mol. The number of likely N-dealkylation sites (tertiary alicyclic amines) is 1. The van der Waals surface area contributed by atoms with Crippen molar-refractivity contribution in [2.45, 2.75) is 32.7 Å². The Morgan fingerprint density at radius 1 is 1.27 bits per heavy atom. The van der Waals surface area contributed by atoms with Crippen molar-refractivity contribution in [1.29, 1.82) is 0 Å². The van der Waals surface area contributed by atoms with Gasteiger partial charge in [0.25, 0.3) is 0 Å². The highest BCUT2D eigenvalue weighted by Crippen LogP contribution is 2.21. The number of para-hydroxylation sites is 1. The molecule has 22 heavy (non-hydrogen) atoms. The summed E-state index contributed by atoms with van der Waals surface area (Å²) in [5.74, 6) is -0.116. The predicted octanol–water partition coefficient (Wildman–Crippen LogP) is 2.29. The zero-order valence-electron chi connectivity index (χ0n) is 13.2. The first-order valence-corrected chi connectivity index (χ1v) is 7.88. The molecule has 1 unspecified atom stereocenters. The van der Waals surface area contributed by atoms with E-state index < -0.39 is 0 Å². The molecular formula is C17H24N2O3. The Morgan fingerprint density at radius 3 is 2.50 bits per heavy atom. The van der Waals surface area contributed by atoms with Crippen molar-refractivity contribution < 1.29 is 14.3 Å². The molecule has 0 aromatic heterocycles. The Balaban J connectivity index is 1.81. The molecule has 1 aliphatic heterocycles. The Kier molecular flexibility index (Phi) is 5.95. The molecule has 0 bridgehead atoms. The molecule has 5 heteroatoms. The van der Waals surface area contributed by atoms with E-state index in [0.717, 1.165) is 31.6 Å². The maximum atomic E-state index is 12.3. The van der Waals surface area contributed by atoms with Crippen molar-refractivity contribution in [3.8, 4) is 0 Å². The molecule has 0 aliphatic carbocycles. The number of nitrogens with zero attached hydrogens (tertiary/aromatic N) is 1. The quantitative estimate of drug-likeness (QED) is 0.848. The van der Waals surface area contributed by atoms with Crippen LogP contribution in [-0.4, -0.2) is 42.5 Å². The summed E-state index contributed by atoms with van der Waals surface area (Å²) in [6, 6.07) is 9.26. The molecule has 0 radical (unpaired) electrons. The SMILES string of the molecule is CCOC(=O)C(C)N1CCC(C(=O)Nc2ccccc2)CC1. The standard InChI is InChI=1S/C17H24N2O3/c1-3-22-17(21)13(2)19-11-9-14(10-12-19)16(20)18-15-7-5-4-6-8-15/h4-8,13-14H,3,9-12H2,1-2H3,(H,18,20). The van der Waals surface area contributed by atoms with Gasteiger partial charge in [0.2, 0.25) is 5.91 Å². The van der Waals surface area contributed by atoms with Crippen LogP contribution in [0.1, 0.15) is 26.7 Å². The van der Waals surface area contributed by atoms with Crippen LogP contribution in [0.15, 0.2) is 30.3 Å². The number of carbonyl (C=O) groups excluding carboxylic acids is 2. The van der Waals surface area contributed by atoms with E-state index in [1.54, 1.807) is 0 Å². The van der Waals surface area contributed by atoms with Crippen LogP contribution in [0.3, 0.4) is 0 Å². The van der Waals surface area contributed by atoms with E-state index in [1.165, 1.54) is 0 Å². The summed E-state index contributed by atoms with van der Waals surface area (Å²) in [6.45, 7) is 5.56. The normalized spacial score (nSPS) is 17.7. The van der Waals surface area contributed by atoms with Gasteiger partial charge in [-0.15, -0.1) is 0 Å². The van der Waals surface area contributed by atoms with Gasteiger partial charge in [-0.1, -0.05) is 18.2 Å². The molecule has 120 valence electrons. The maximum Gasteiger partial charge on any atom is 0.323 e. The highest BCUT2D eigenvalue weighted by Gasteiger charge is 2.30. The average Bonchev–Trinajstić information content (AvgIpc) is 2.55. The van der Waals surface area contributed by atoms with Crippen LogP contribution >= 0.6 is 0 Å². The molecule has 1 aliphatic rings. The Bertz CT molecular complexity index is 496. The number of nitrogens with one attached hydrogen (secondary N) is 1. The van der Waals surface area contributed by atoms with E-state index in [9.17, 15) is 9.59 Å². The van der Waals surface area contributed by atoms with Crippen LogP contribution in [0.2, 0.25) is 0 Å². The second kappa shape index (κ2) is 7.94. The van der Waals surface area contributed by atoms with Crippen LogP contribution in [0.5, 0.6) is 0 Å². The fraction of sp³-hybridized carbons (Fsp3) is 0.529. The van der Waals surface area contributed by atoms with Crippen molar-refractivity contribution in [2.24, 2.45) is 5.92 Å². The van der Waals surface area contributed by atoms with Crippen molar-refractivity contribution in [1.82, 2.24) is 4.90 Å². The number of carbonyl (C=O) groups is 2. The number of benzene rings is 1. The highest BCUT2D eigenvalue weighted by molar-refractivity contribution is 5.92. The largest absolute Gasteiger partial charge is 0.465 e. The second-order valence-corrected chi connectivity index (χ2v) is 5.59. The first-order chi connectivity index (χ1) is 10.6. The first kappa shape index (κ1) is 16.5. The number of hydrogen-bond acceptors (Lipinski definition) is 4. The molecular weight excluding hydrogens is 280 g/mol. The summed E-state index contributed by atoms with van der Waals surface area (Å²) in [5, 5.41) is 2.95. The first-order valence-electron chi connectivity index (χ1n) is 7.88. The van der Waals surface area contributed by atoms with Gasteiger partial charge in [0.15, 0.2) is 0 Å². The number of rotatable bonds is 5. The molecule has 1 amide bonds. The lowest BCUT2D eigenvalue weighted by atomic mass is 9.95. The van der Waals surface area contributed by atoms with Gasteiger partial charge >= 0.3 is 5.97 Å². The maximum absolute atomic E-state index is 12.3. The molecule has 2 rings (SSSR count). The third kappa shape index (κ3) is 4.31. The Labute approximate surface area is 131 Å². The van der Waals surface area contributed by atoms with Crippen LogP contribution in [0, 0.1) is 5.92 Å². The lowest BCUT2D eigenvalue weighted by molar-refractivity contribution is -0.149. The summed E-state index contributed by atoms with van der Waals surface area (Å²) in [7, 11) is 0. The number of amides is 1. The van der Waals surface area contributed by atoms with E-state index in [-0.39, 0.29) is 23.8 Å². The topological polar surface area (TPSA) is 58.6 Å². The fourth-order valence-corrected chi connectivity index (χ4v) is 2.73. The zero-order chi connectivity index (χ0) is 15.9. The van der Waals surface area contributed by atoms with Gasteiger partial charge < -0.3 is 10.1 Å². The summed E-state index contributed by atoms with van der Waals surface area (Å²) in [6.07, 6.45) is 1.53. The van der Waals surface area contributed by atoms with E-state index in [1.807, 2.05) is 44.2 Å². The van der Waals surface area contributed by atoms with E-state index in [2.05, 4.69) is 10.2 Å². The lowest BCUT2D eigenvalue weighted by Crippen LogP contribution is -2.46. The van der Waals surface area contributed by atoms with Crippen LogP contribution in [-0.2, 0) is 14.3 Å². The molecule has 1 N–H and O–H groups in total. The smallest absolute Gasteiger partial charge is 0.323 e. The molecule has 0 saturated carbocycles. The van der Waals surface area contributed by atoms with E-state index >= 15 is 0 Å². The van der Waals surface area contributed by atoms with Gasteiger partial charge in [0.05, 0.1) is 6.61 Å². The number of anilines is 1. The second-order valence-electron chi connectivity index (χ2n) is 5.59. The third-order valence-corrected chi connectivity index (χ3v) is 4.12. The minimum absolute atomic E-state index is 0.00542. The summed E-state index contributed by atoms with van der Waals surface area (Å²) in [5.41, 5.74) is 0.829. The van der Waals surface area contributed by atoms with Crippen LogP contribution in [0.4, 0.5) is 5.69 Å². The molecule has 1 aromatic carbocycles. The molecule has 1 fully saturated rings. The minimum Gasteiger partial charge on any atom is -0.465 e. The van der Waals surface area contributed by atoms with Crippen molar-refractivity contribution in [2.75, 3.05) is 25.0 Å². The summed E-state index contributed by atoms with van der Waals surface area (Å²) in [4.78, 5) is 26.1. The van der Waals surface area contributed by atoms with Crippen LogP contribution in [0.25, 0.3) is 0 Å². The molecule has 0 spiro atoms.